The highest BCUT2D eigenvalue weighted by Gasteiger charge is 2.23. The number of nitrogen functional groups attached to an aromatic ring is 1. The lowest BCUT2D eigenvalue weighted by Crippen LogP contribution is -2.36. The summed E-state index contributed by atoms with van der Waals surface area (Å²) in [6, 6.07) is 3.21. The number of fused-ring (bicyclic) bond motifs is 1. The topological polar surface area (TPSA) is 72.0 Å². The van der Waals surface area contributed by atoms with Crippen LogP contribution in [0.5, 0.6) is 0 Å². The summed E-state index contributed by atoms with van der Waals surface area (Å²) in [6.07, 6.45) is 6.77. The molecule has 0 unspecified atom stereocenters. The zero-order valence-electron chi connectivity index (χ0n) is 12.8. The van der Waals surface area contributed by atoms with Gasteiger partial charge in [0, 0.05) is 48.6 Å². The van der Waals surface area contributed by atoms with E-state index >= 15 is 0 Å². The molecule has 1 saturated carbocycles. The predicted molar refractivity (Wildman–Crippen MR) is 102 cm³/mol. The fraction of sp³-hybridized carbons (Fsp3) is 0.571. The normalized spacial score (nSPS) is 22.4. The zero-order valence-corrected chi connectivity index (χ0v) is 15.8. The number of nitrogens with two attached hydrogens (primary N) is 1. The van der Waals surface area contributed by atoms with E-state index in [9.17, 15) is 0 Å². The van der Waals surface area contributed by atoms with E-state index in [-0.39, 0.29) is 0 Å². The molecule has 2 heterocycles. The van der Waals surface area contributed by atoms with Crippen molar-refractivity contribution in [2.24, 2.45) is 0 Å². The van der Waals surface area contributed by atoms with Crippen molar-refractivity contribution in [3.05, 3.63) is 12.3 Å². The number of anilines is 2. The first-order valence-electron chi connectivity index (χ1n) is 7.45. The highest BCUT2D eigenvalue weighted by Crippen LogP contribution is 2.30. The molecule has 120 valence electrons. The molecule has 0 atom stereocenters. The zero-order chi connectivity index (χ0) is 15.7. The van der Waals surface area contributed by atoms with Crippen LogP contribution in [0.15, 0.2) is 12.3 Å². The fourth-order valence-corrected chi connectivity index (χ4v) is 4.37. The van der Waals surface area contributed by atoms with Gasteiger partial charge in [-0.15, -0.1) is 0 Å². The van der Waals surface area contributed by atoms with Crippen molar-refractivity contribution in [3.63, 3.8) is 0 Å². The van der Waals surface area contributed by atoms with Gasteiger partial charge in [0.25, 0.3) is 0 Å². The summed E-state index contributed by atoms with van der Waals surface area (Å²) < 4.78 is 2.00. The van der Waals surface area contributed by atoms with Crippen LogP contribution in [-0.4, -0.2) is 45.0 Å². The molecule has 0 amide bonds. The lowest BCUT2D eigenvalue weighted by atomic mass is 9.90. The smallest absolute Gasteiger partial charge is 0.224 e. The third-order valence-electron chi connectivity index (χ3n) is 4.37. The summed E-state index contributed by atoms with van der Waals surface area (Å²) in [7, 11) is 5.91. The Morgan fingerprint density at radius 2 is 2.05 bits per heavy atom. The Morgan fingerprint density at radius 3 is 2.68 bits per heavy atom. The average Bonchev–Trinajstić information content (AvgIpc) is 2.90. The summed E-state index contributed by atoms with van der Waals surface area (Å²) >= 11 is 2.24. The number of nitrogens with zero attached hydrogens (tertiary/aromatic N) is 4. The maximum absolute atomic E-state index is 5.88. The highest BCUT2D eigenvalue weighted by molar-refractivity contribution is 14.2. The summed E-state index contributed by atoms with van der Waals surface area (Å²) in [4.78, 5) is 11.1. The van der Waals surface area contributed by atoms with Crippen molar-refractivity contribution in [1.29, 1.82) is 0 Å². The Morgan fingerprint density at radius 1 is 1.32 bits per heavy atom. The van der Waals surface area contributed by atoms with Crippen LogP contribution < -0.4 is 11.1 Å². The molecule has 2 aromatic heterocycles. The van der Waals surface area contributed by atoms with Gasteiger partial charge in [-0.1, -0.05) is 0 Å². The van der Waals surface area contributed by atoms with Crippen molar-refractivity contribution >= 4 is 53.1 Å². The van der Waals surface area contributed by atoms with Crippen LogP contribution in [0.3, 0.4) is 0 Å². The van der Waals surface area contributed by atoms with E-state index in [1.165, 1.54) is 12.8 Å². The monoisotopic (exact) mass is 432 g/mol. The molecular formula is C14H21IN6S. The van der Waals surface area contributed by atoms with Gasteiger partial charge in [-0.25, -0.2) is 0 Å². The van der Waals surface area contributed by atoms with Crippen LogP contribution in [-0.2, 0) is 0 Å². The molecule has 0 bridgehead atoms. The van der Waals surface area contributed by atoms with Gasteiger partial charge in [0.15, 0.2) is 5.65 Å². The van der Waals surface area contributed by atoms with Gasteiger partial charge in [-0.05, 0) is 45.8 Å². The second-order valence-electron chi connectivity index (χ2n) is 5.99. The molecule has 3 rings (SSSR count). The maximum atomic E-state index is 5.88. The molecule has 1 aliphatic carbocycles. The van der Waals surface area contributed by atoms with E-state index in [0.717, 1.165) is 29.7 Å². The van der Waals surface area contributed by atoms with Crippen molar-refractivity contribution in [1.82, 2.24) is 18.8 Å². The number of aromatic nitrogens is 3. The predicted octanol–water partition coefficient (Wildman–Crippen LogP) is 3.14. The minimum Gasteiger partial charge on any atom is -0.368 e. The highest BCUT2D eigenvalue weighted by atomic mass is 127. The first-order chi connectivity index (χ1) is 10.6. The Kier molecular flexibility index (Phi) is 4.98. The molecule has 1 fully saturated rings. The number of halogens is 1. The third kappa shape index (κ3) is 3.28. The lowest BCUT2D eigenvalue weighted by molar-refractivity contribution is 0.221. The Hall–Kier alpha value is -0.740. The Bertz CT molecular complexity index is 650. The van der Waals surface area contributed by atoms with Gasteiger partial charge in [-0.3, -0.25) is 3.97 Å². The van der Waals surface area contributed by atoms with E-state index in [2.05, 4.69) is 55.5 Å². The first kappa shape index (κ1) is 16.1. The van der Waals surface area contributed by atoms with Gasteiger partial charge >= 0.3 is 0 Å². The van der Waals surface area contributed by atoms with Crippen LogP contribution in [0.25, 0.3) is 11.0 Å². The minimum atomic E-state index is 0.322. The standard InChI is InChI=1S/C14H21IN6S/c1-20(2)10-5-3-9(4-6-10)17-12-11-7-8-21(22-15)13(11)19-14(16)18-12/h7-10H,3-6H2,1-2H3,(H3,16,17,18,19). The van der Waals surface area contributed by atoms with Gasteiger partial charge < -0.3 is 16.0 Å². The second kappa shape index (κ2) is 6.79. The Balaban J connectivity index is 1.78. The number of nitrogens with one attached hydrogen (secondary N) is 1. The van der Waals surface area contributed by atoms with E-state index in [1.807, 2.05) is 16.2 Å². The average molecular weight is 432 g/mol. The molecule has 22 heavy (non-hydrogen) atoms. The van der Waals surface area contributed by atoms with Crippen molar-refractivity contribution < 1.29 is 0 Å². The molecule has 1 aliphatic rings. The first-order valence-corrected chi connectivity index (χ1v) is 10.8. The summed E-state index contributed by atoms with van der Waals surface area (Å²) in [5.74, 6) is 1.18. The van der Waals surface area contributed by atoms with Crippen molar-refractivity contribution in [3.8, 4) is 0 Å². The minimum absolute atomic E-state index is 0.322. The van der Waals surface area contributed by atoms with Crippen LogP contribution in [0.4, 0.5) is 11.8 Å². The van der Waals surface area contributed by atoms with Crippen molar-refractivity contribution in [2.45, 2.75) is 37.8 Å². The largest absolute Gasteiger partial charge is 0.368 e. The van der Waals surface area contributed by atoms with E-state index < -0.39 is 0 Å². The second-order valence-corrected chi connectivity index (χ2v) is 7.70. The van der Waals surface area contributed by atoms with Crippen molar-refractivity contribution in [2.75, 3.05) is 25.1 Å². The SMILES string of the molecule is CN(C)C1CCC(Nc2nc(N)nc3c2ccn3SI)CC1. The molecule has 3 N–H and O–H groups in total. The van der Waals surface area contributed by atoms with Gasteiger partial charge in [-0.2, -0.15) is 9.97 Å². The molecule has 8 heteroatoms. The summed E-state index contributed by atoms with van der Waals surface area (Å²) in [6.45, 7) is 0. The van der Waals surface area contributed by atoms with Gasteiger partial charge in [0.1, 0.15) is 5.82 Å². The molecular weight excluding hydrogens is 411 g/mol. The van der Waals surface area contributed by atoms with E-state index in [4.69, 9.17) is 5.73 Å². The fourth-order valence-electron chi connectivity index (χ4n) is 3.10. The maximum Gasteiger partial charge on any atom is 0.224 e. The van der Waals surface area contributed by atoms with Crippen LogP contribution in [0.1, 0.15) is 25.7 Å². The molecule has 0 aliphatic heterocycles. The quantitative estimate of drug-likeness (QED) is 0.724. The number of hydrogen-bond donors (Lipinski definition) is 2. The lowest BCUT2D eigenvalue weighted by Gasteiger charge is -2.33. The third-order valence-corrected chi connectivity index (χ3v) is 6.09. The molecule has 0 radical (unpaired) electrons. The summed E-state index contributed by atoms with van der Waals surface area (Å²) in [5, 5.41) is 4.62. The number of rotatable bonds is 4. The van der Waals surface area contributed by atoms with Gasteiger partial charge in [0.05, 0.1) is 5.39 Å². The molecule has 0 spiro atoms. The van der Waals surface area contributed by atoms with E-state index in [1.54, 1.807) is 9.12 Å². The summed E-state index contributed by atoms with van der Waals surface area (Å²) in [5.41, 5.74) is 6.75. The van der Waals surface area contributed by atoms with Crippen LogP contribution >= 0.6 is 30.3 Å². The number of hydrogen-bond acceptors (Lipinski definition) is 6. The molecule has 2 aromatic rings. The molecule has 0 aromatic carbocycles. The molecule has 6 nitrogen and oxygen atoms in total. The van der Waals surface area contributed by atoms with E-state index in [0.29, 0.717) is 18.0 Å². The van der Waals surface area contributed by atoms with Crippen LogP contribution in [0.2, 0.25) is 0 Å². The molecule has 0 saturated heterocycles. The van der Waals surface area contributed by atoms with Crippen LogP contribution in [0, 0.1) is 0 Å². The Labute approximate surface area is 147 Å². The van der Waals surface area contributed by atoms with Gasteiger partial charge in [0.2, 0.25) is 5.95 Å².